The summed E-state index contributed by atoms with van der Waals surface area (Å²) in [5.74, 6) is -1.55. The summed E-state index contributed by atoms with van der Waals surface area (Å²) < 4.78 is 11.3. The Labute approximate surface area is 289 Å². The number of carbonyl (C=O) groups excluding carboxylic acids is 5. The number of hydrogen-bond donors (Lipinski definition) is 2. The summed E-state index contributed by atoms with van der Waals surface area (Å²) in [6.45, 7) is 8.67. The van der Waals surface area contributed by atoms with E-state index < -0.39 is 29.4 Å². The molecule has 3 saturated carbocycles. The zero-order valence-electron chi connectivity index (χ0n) is 29.6. The molecule has 1 heterocycles. The SMILES string of the molecule is CC1(C)C[C@](CCNC(=O)CCC(=O)OCC(=O)[C@@]2(O)CC[C@H]3[C@@H]4CCC5=CC(=O)CC[C@]5(C)[C@H]4C(=O)C[C@@]32C)(c2ccccc2)CCO1. The number of ether oxygens (including phenoxy) is 2. The van der Waals surface area contributed by atoms with E-state index in [1.54, 1.807) is 6.08 Å². The maximum atomic E-state index is 13.9. The number of ketones is 3. The van der Waals surface area contributed by atoms with E-state index in [1.807, 2.05) is 25.1 Å². The lowest BCUT2D eigenvalue weighted by molar-refractivity contribution is -0.173. The number of aliphatic hydroxyl groups is 1. The Balaban J connectivity index is 1.00. The summed E-state index contributed by atoms with van der Waals surface area (Å²) >= 11 is 0. The summed E-state index contributed by atoms with van der Waals surface area (Å²) in [6, 6.07) is 10.3. The van der Waals surface area contributed by atoms with Crippen molar-refractivity contribution in [1.29, 1.82) is 0 Å². The lowest BCUT2D eigenvalue weighted by atomic mass is 9.46. The fourth-order valence-electron chi connectivity index (χ4n) is 10.8. The van der Waals surface area contributed by atoms with Crippen LogP contribution in [-0.4, -0.2) is 65.3 Å². The summed E-state index contributed by atoms with van der Waals surface area (Å²) in [5.41, 5.74) is -1.17. The Morgan fingerprint density at radius 3 is 2.47 bits per heavy atom. The largest absolute Gasteiger partial charge is 0.458 e. The molecule has 4 fully saturated rings. The van der Waals surface area contributed by atoms with Gasteiger partial charge in [0.25, 0.3) is 0 Å². The molecule has 0 bridgehead atoms. The molecule has 0 spiro atoms. The van der Waals surface area contributed by atoms with Gasteiger partial charge in [0.15, 0.2) is 12.4 Å². The van der Waals surface area contributed by atoms with Crippen LogP contribution >= 0.6 is 0 Å². The third-order valence-corrected chi connectivity index (χ3v) is 13.3. The minimum Gasteiger partial charge on any atom is -0.458 e. The minimum absolute atomic E-state index is 0.0206. The van der Waals surface area contributed by atoms with E-state index in [2.05, 4.69) is 38.2 Å². The summed E-state index contributed by atoms with van der Waals surface area (Å²) in [6.07, 6.45) is 7.47. The van der Waals surface area contributed by atoms with Crippen LogP contribution in [0, 0.1) is 28.6 Å². The maximum Gasteiger partial charge on any atom is 0.306 e. The van der Waals surface area contributed by atoms with Crippen LogP contribution in [0.4, 0.5) is 0 Å². The van der Waals surface area contributed by atoms with Gasteiger partial charge in [-0.05, 0) is 94.1 Å². The van der Waals surface area contributed by atoms with Crippen molar-refractivity contribution >= 4 is 29.2 Å². The Kier molecular flexibility index (Phi) is 9.59. The lowest BCUT2D eigenvalue weighted by Crippen LogP contribution is -2.61. The molecule has 0 unspecified atom stereocenters. The van der Waals surface area contributed by atoms with E-state index in [1.165, 1.54) is 5.56 Å². The van der Waals surface area contributed by atoms with Crippen LogP contribution in [0.5, 0.6) is 0 Å². The van der Waals surface area contributed by atoms with Gasteiger partial charge in [-0.25, -0.2) is 0 Å². The molecular formula is C40H53NO8. The predicted molar refractivity (Wildman–Crippen MR) is 182 cm³/mol. The number of hydrogen-bond acceptors (Lipinski definition) is 8. The van der Waals surface area contributed by atoms with Gasteiger partial charge in [0.2, 0.25) is 11.7 Å². The van der Waals surface area contributed by atoms with Gasteiger partial charge in [-0.15, -0.1) is 0 Å². The highest BCUT2D eigenvalue weighted by molar-refractivity contribution is 5.95. The van der Waals surface area contributed by atoms with Gasteiger partial charge < -0.3 is 19.9 Å². The van der Waals surface area contributed by atoms with Gasteiger partial charge >= 0.3 is 5.97 Å². The number of allylic oxidation sites excluding steroid dienone is 1. The van der Waals surface area contributed by atoms with Crippen molar-refractivity contribution in [3.63, 3.8) is 0 Å². The van der Waals surface area contributed by atoms with Crippen molar-refractivity contribution in [1.82, 2.24) is 5.32 Å². The molecule has 0 aromatic heterocycles. The number of fused-ring (bicyclic) bond motifs is 5. The average molecular weight is 676 g/mol. The van der Waals surface area contributed by atoms with E-state index >= 15 is 0 Å². The molecule has 9 nitrogen and oxygen atoms in total. The van der Waals surface area contributed by atoms with Crippen molar-refractivity contribution in [3.05, 3.63) is 47.5 Å². The monoisotopic (exact) mass is 675 g/mol. The number of rotatable bonds is 10. The summed E-state index contributed by atoms with van der Waals surface area (Å²) in [4.78, 5) is 65.0. The Hall–Kier alpha value is -3.17. The zero-order chi connectivity index (χ0) is 35.2. The molecule has 1 amide bonds. The van der Waals surface area contributed by atoms with Gasteiger partial charge in [0.1, 0.15) is 11.4 Å². The first-order chi connectivity index (χ1) is 23.1. The van der Waals surface area contributed by atoms with Gasteiger partial charge in [-0.2, -0.15) is 0 Å². The molecule has 0 radical (unpaired) electrons. The standard InChI is InChI=1S/C40H53NO8/c1-36(2)25-39(19-21-49-36,26-8-6-5-7-9-26)18-20-41-33(45)12-13-34(46)48-24-32(44)40(47)17-15-30-29-11-10-27-22-28(42)14-16-37(27,3)35(29)31(43)23-38(30,40)4/h5-9,22,29-30,35,47H,10-21,23-25H2,1-4H3,(H,41,45)/t29-,30-,35+,37-,38-,39+,40-/m0/s1. The van der Waals surface area contributed by atoms with Crippen molar-refractivity contribution in [2.75, 3.05) is 19.8 Å². The molecule has 1 saturated heterocycles. The average Bonchev–Trinajstić information content (AvgIpc) is 3.33. The van der Waals surface area contributed by atoms with Crippen LogP contribution in [0.1, 0.15) is 110 Å². The second-order valence-electron chi connectivity index (χ2n) is 16.7. The van der Waals surface area contributed by atoms with Crippen molar-refractivity contribution in [2.45, 2.75) is 121 Å². The van der Waals surface area contributed by atoms with Gasteiger partial charge in [0, 0.05) is 49.2 Å². The molecule has 7 atom stereocenters. The number of nitrogens with one attached hydrogen (secondary N) is 1. The van der Waals surface area contributed by atoms with Crippen LogP contribution in [0.25, 0.3) is 0 Å². The van der Waals surface area contributed by atoms with Crippen LogP contribution in [-0.2, 0) is 38.9 Å². The number of amides is 1. The van der Waals surface area contributed by atoms with Crippen LogP contribution in [0.3, 0.4) is 0 Å². The molecule has 1 aromatic carbocycles. The van der Waals surface area contributed by atoms with Gasteiger partial charge in [0.05, 0.1) is 12.0 Å². The zero-order valence-corrected chi connectivity index (χ0v) is 29.6. The predicted octanol–water partition coefficient (Wildman–Crippen LogP) is 5.35. The highest BCUT2D eigenvalue weighted by Crippen LogP contribution is 2.66. The van der Waals surface area contributed by atoms with E-state index in [0.29, 0.717) is 32.4 Å². The molecule has 1 aliphatic heterocycles. The van der Waals surface area contributed by atoms with E-state index in [-0.39, 0.29) is 77.3 Å². The number of carbonyl (C=O) groups is 5. The first-order valence-electron chi connectivity index (χ1n) is 18.3. The Morgan fingerprint density at radius 2 is 1.73 bits per heavy atom. The number of esters is 1. The fraction of sp³-hybridized carbons (Fsp3) is 0.675. The van der Waals surface area contributed by atoms with Crippen LogP contribution in [0.15, 0.2) is 42.0 Å². The summed E-state index contributed by atoms with van der Waals surface area (Å²) in [7, 11) is 0. The molecule has 5 aliphatic rings. The highest BCUT2D eigenvalue weighted by Gasteiger charge is 2.68. The minimum atomic E-state index is -1.77. The summed E-state index contributed by atoms with van der Waals surface area (Å²) in [5, 5.41) is 14.9. The van der Waals surface area contributed by atoms with Gasteiger partial charge in [-0.3, -0.25) is 24.0 Å². The van der Waals surface area contributed by atoms with Crippen molar-refractivity contribution in [3.8, 4) is 0 Å². The third kappa shape index (κ3) is 6.46. The topological polar surface area (TPSA) is 136 Å². The first kappa shape index (κ1) is 35.6. The molecule has 2 N–H and O–H groups in total. The Bertz CT molecular complexity index is 1530. The molecule has 9 heteroatoms. The molecule has 266 valence electrons. The molecule has 1 aromatic rings. The van der Waals surface area contributed by atoms with Crippen LogP contribution in [0.2, 0.25) is 0 Å². The highest BCUT2D eigenvalue weighted by atomic mass is 16.5. The molecule has 49 heavy (non-hydrogen) atoms. The second-order valence-corrected chi connectivity index (χ2v) is 16.7. The smallest absolute Gasteiger partial charge is 0.306 e. The van der Waals surface area contributed by atoms with Crippen molar-refractivity contribution in [2.24, 2.45) is 28.6 Å². The lowest BCUT2D eigenvalue weighted by Gasteiger charge is -2.57. The van der Waals surface area contributed by atoms with Crippen molar-refractivity contribution < 1.29 is 38.6 Å². The quantitative estimate of drug-likeness (QED) is 0.317. The maximum absolute atomic E-state index is 13.9. The van der Waals surface area contributed by atoms with E-state index in [9.17, 15) is 29.1 Å². The Morgan fingerprint density at radius 1 is 0.980 bits per heavy atom. The molecular weight excluding hydrogens is 622 g/mol. The second kappa shape index (κ2) is 13.2. The molecule has 6 rings (SSSR count). The van der Waals surface area contributed by atoms with Gasteiger partial charge in [-0.1, -0.05) is 49.8 Å². The number of benzene rings is 1. The van der Waals surface area contributed by atoms with E-state index in [4.69, 9.17) is 9.47 Å². The number of Topliss-reactive ketones (excluding diaryl/α,β-unsaturated/α-hetero) is 2. The third-order valence-electron chi connectivity index (χ3n) is 13.3. The van der Waals surface area contributed by atoms with Crippen LogP contribution < -0.4 is 5.32 Å². The fourth-order valence-corrected chi connectivity index (χ4v) is 10.8. The van der Waals surface area contributed by atoms with E-state index in [0.717, 1.165) is 37.7 Å². The first-order valence-corrected chi connectivity index (χ1v) is 18.3. The molecule has 4 aliphatic carbocycles. The normalized spacial score (nSPS) is 36.5.